The van der Waals surface area contributed by atoms with Gasteiger partial charge in [-0.1, -0.05) is 11.6 Å². The second-order valence-electron chi connectivity index (χ2n) is 3.99. The number of hydrogen-bond donors (Lipinski definition) is 2. The number of aromatic nitrogens is 1. The zero-order valence-corrected chi connectivity index (χ0v) is 11.3. The molecule has 0 aliphatic carbocycles. The maximum atomic E-state index is 6.05. The molecule has 88 valence electrons. The molecule has 1 atom stereocenters. The lowest BCUT2D eigenvalue weighted by molar-refractivity contribution is 0.574. The normalized spacial score (nSPS) is 20.0. The standard InChI is InChI=1S/C11H15BrClN3/c12-8-6-10(13)11(16-7-8)15-5-3-9-2-1-4-14-9/h6-7,9,14H,1-5H2,(H,15,16). The highest BCUT2D eigenvalue weighted by atomic mass is 79.9. The third-order valence-corrected chi connectivity index (χ3v) is 3.48. The smallest absolute Gasteiger partial charge is 0.144 e. The van der Waals surface area contributed by atoms with Crippen LogP contribution >= 0.6 is 27.5 Å². The summed E-state index contributed by atoms with van der Waals surface area (Å²) < 4.78 is 0.903. The molecule has 2 heterocycles. The van der Waals surface area contributed by atoms with Crippen molar-refractivity contribution in [3.63, 3.8) is 0 Å². The second kappa shape index (κ2) is 5.84. The molecule has 0 aromatic carbocycles. The first-order chi connectivity index (χ1) is 7.75. The lowest BCUT2D eigenvalue weighted by Crippen LogP contribution is -2.24. The van der Waals surface area contributed by atoms with E-state index in [1.807, 2.05) is 6.07 Å². The molecular weight excluding hydrogens is 289 g/mol. The van der Waals surface area contributed by atoms with Gasteiger partial charge < -0.3 is 10.6 Å². The highest BCUT2D eigenvalue weighted by Crippen LogP contribution is 2.22. The fourth-order valence-corrected chi connectivity index (χ4v) is 2.61. The summed E-state index contributed by atoms with van der Waals surface area (Å²) in [7, 11) is 0. The van der Waals surface area contributed by atoms with Crippen molar-refractivity contribution in [2.75, 3.05) is 18.4 Å². The van der Waals surface area contributed by atoms with Crippen LogP contribution in [0, 0.1) is 0 Å². The maximum absolute atomic E-state index is 6.05. The van der Waals surface area contributed by atoms with Crippen LogP contribution in [-0.2, 0) is 0 Å². The summed E-state index contributed by atoms with van der Waals surface area (Å²) in [6.45, 7) is 2.06. The van der Waals surface area contributed by atoms with E-state index in [-0.39, 0.29) is 0 Å². The minimum Gasteiger partial charge on any atom is -0.369 e. The van der Waals surface area contributed by atoms with E-state index in [0.717, 1.165) is 29.8 Å². The van der Waals surface area contributed by atoms with Crippen LogP contribution in [0.5, 0.6) is 0 Å². The van der Waals surface area contributed by atoms with Gasteiger partial charge in [0.1, 0.15) is 5.82 Å². The number of nitrogens with zero attached hydrogens (tertiary/aromatic N) is 1. The van der Waals surface area contributed by atoms with Crippen molar-refractivity contribution in [3.8, 4) is 0 Å². The summed E-state index contributed by atoms with van der Waals surface area (Å²) in [4.78, 5) is 4.23. The first-order valence-corrected chi connectivity index (χ1v) is 6.71. The van der Waals surface area contributed by atoms with E-state index in [4.69, 9.17) is 11.6 Å². The Labute approximate surface area is 109 Å². The molecule has 3 nitrogen and oxygen atoms in total. The third-order valence-electron chi connectivity index (χ3n) is 2.76. The van der Waals surface area contributed by atoms with Gasteiger partial charge in [-0.2, -0.15) is 0 Å². The zero-order chi connectivity index (χ0) is 11.4. The highest BCUT2D eigenvalue weighted by molar-refractivity contribution is 9.10. The molecule has 1 fully saturated rings. The van der Waals surface area contributed by atoms with Gasteiger partial charge in [0, 0.05) is 23.3 Å². The van der Waals surface area contributed by atoms with E-state index in [1.165, 1.54) is 12.8 Å². The fraction of sp³-hybridized carbons (Fsp3) is 0.545. The number of pyridine rings is 1. The maximum Gasteiger partial charge on any atom is 0.144 e. The van der Waals surface area contributed by atoms with E-state index < -0.39 is 0 Å². The predicted octanol–water partition coefficient (Wildman–Crippen LogP) is 3.05. The molecule has 1 saturated heterocycles. The van der Waals surface area contributed by atoms with Gasteiger partial charge in [0.05, 0.1) is 5.02 Å². The average Bonchev–Trinajstić information content (AvgIpc) is 2.74. The summed E-state index contributed by atoms with van der Waals surface area (Å²) in [5.41, 5.74) is 0. The Hall–Kier alpha value is -0.320. The quantitative estimate of drug-likeness (QED) is 0.898. The molecule has 0 spiro atoms. The van der Waals surface area contributed by atoms with Gasteiger partial charge in [-0.15, -0.1) is 0 Å². The second-order valence-corrected chi connectivity index (χ2v) is 5.32. The van der Waals surface area contributed by atoms with Gasteiger partial charge in [-0.3, -0.25) is 0 Å². The SMILES string of the molecule is Clc1cc(Br)cnc1NCCC1CCCN1. The molecular formula is C11H15BrClN3. The topological polar surface area (TPSA) is 37.0 Å². The fourth-order valence-electron chi connectivity index (χ4n) is 1.91. The minimum absolute atomic E-state index is 0.654. The molecule has 0 saturated carbocycles. The van der Waals surface area contributed by atoms with Gasteiger partial charge in [0.15, 0.2) is 0 Å². The Balaban J connectivity index is 1.80. The van der Waals surface area contributed by atoms with E-state index in [9.17, 15) is 0 Å². The van der Waals surface area contributed by atoms with Crippen LogP contribution in [0.4, 0.5) is 5.82 Å². The van der Waals surface area contributed by atoms with Gasteiger partial charge in [0.2, 0.25) is 0 Å². The Kier molecular flexibility index (Phi) is 4.44. The number of nitrogens with one attached hydrogen (secondary N) is 2. The molecule has 2 rings (SSSR count). The Morgan fingerprint density at radius 3 is 3.19 bits per heavy atom. The number of halogens is 2. The summed E-state index contributed by atoms with van der Waals surface area (Å²) in [6.07, 6.45) is 5.45. The number of hydrogen-bond acceptors (Lipinski definition) is 3. The summed E-state index contributed by atoms with van der Waals surface area (Å²) in [5.74, 6) is 0.767. The van der Waals surface area contributed by atoms with Gasteiger partial charge >= 0.3 is 0 Å². The minimum atomic E-state index is 0.654. The molecule has 1 aromatic heterocycles. The average molecular weight is 305 g/mol. The highest BCUT2D eigenvalue weighted by Gasteiger charge is 2.13. The third kappa shape index (κ3) is 3.34. The molecule has 0 radical (unpaired) electrons. The lowest BCUT2D eigenvalue weighted by Gasteiger charge is -2.11. The van der Waals surface area contributed by atoms with Gasteiger partial charge in [-0.05, 0) is 47.8 Å². The number of anilines is 1. The van der Waals surface area contributed by atoms with Crippen molar-refractivity contribution < 1.29 is 0 Å². The van der Waals surface area contributed by atoms with Crippen molar-refractivity contribution >= 4 is 33.3 Å². The summed E-state index contributed by atoms with van der Waals surface area (Å²) in [6, 6.07) is 2.51. The van der Waals surface area contributed by atoms with Crippen LogP contribution < -0.4 is 10.6 Å². The first kappa shape index (κ1) is 12.1. The molecule has 0 amide bonds. The molecule has 0 bridgehead atoms. The van der Waals surface area contributed by atoms with Crippen molar-refractivity contribution in [2.45, 2.75) is 25.3 Å². The van der Waals surface area contributed by atoms with Crippen molar-refractivity contribution in [1.29, 1.82) is 0 Å². The van der Waals surface area contributed by atoms with Crippen molar-refractivity contribution in [1.82, 2.24) is 10.3 Å². The van der Waals surface area contributed by atoms with Gasteiger partial charge in [0.25, 0.3) is 0 Å². The van der Waals surface area contributed by atoms with E-state index in [2.05, 4.69) is 31.5 Å². The molecule has 1 aromatic rings. The lowest BCUT2D eigenvalue weighted by atomic mass is 10.1. The largest absolute Gasteiger partial charge is 0.369 e. The molecule has 5 heteroatoms. The van der Waals surface area contributed by atoms with E-state index >= 15 is 0 Å². The Morgan fingerprint density at radius 1 is 1.62 bits per heavy atom. The Bertz CT molecular complexity index is 353. The van der Waals surface area contributed by atoms with Gasteiger partial charge in [-0.25, -0.2) is 4.98 Å². The van der Waals surface area contributed by atoms with Crippen LogP contribution in [0.15, 0.2) is 16.7 Å². The van der Waals surface area contributed by atoms with E-state index in [0.29, 0.717) is 11.1 Å². The van der Waals surface area contributed by atoms with Crippen LogP contribution in [0.2, 0.25) is 5.02 Å². The summed E-state index contributed by atoms with van der Waals surface area (Å²) >= 11 is 9.39. The van der Waals surface area contributed by atoms with E-state index in [1.54, 1.807) is 6.20 Å². The predicted molar refractivity (Wildman–Crippen MR) is 71.1 cm³/mol. The molecule has 1 unspecified atom stereocenters. The number of rotatable bonds is 4. The van der Waals surface area contributed by atoms with Crippen LogP contribution in [0.1, 0.15) is 19.3 Å². The van der Waals surface area contributed by atoms with Crippen LogP contribution in [0.3, 0.4) is 0 Å². The van der Waals surface area contributed by atoms with Crippen molar-refractivity contribution in [3.05, 3.63) is 21.8 Å². The molecule has 16 heavy (non-hydrogen) atoms. The van der Waals surface area contributed by atoms with Crippen LogP contribution in [0.25, 0.3) is 0 Å². The molecule has 2 N–H and O–H groups in total. The molecule has 1 aliphatic heterocycles. The molecule has 1 aliphatic rings. The Morgan fingerprint density at radius 2 is 2.50 bits per heavy atom. The zero-order valence-electron chi connectivity index (χ0n) is 8.97. The monoisotopic (exact) mass is 303 g/mol. The van der Waals surface area contributed by atoms with Crippen molar-refractivity contribution in [2.24, 2.45) is 0 Å². The van der Waals surface area contributed by atoms with Crippen LogP contribution in [-0.4, -0.2) is 24.1 Å². The summed E-state index contributed by atoms with van der Waals surface area (Å²) in [5, 5.41) is 7.39. The first-order valence-electron chi connectivity index (χ1n) is 5.54.